The monoisotopic (exact) mass is 368 g/mol. The topological polar surface area (TPSA) is 29.5 Å². The second kappa shape index (κ2) is 6.91. The SMILES string of the molecule is CCCOc1ccc(C(O)c2ccc(I)cc2)cc1. The molecule has 0 aliphatic heterocycles. The Morgan fingerprint density at radius 3 is 2.05 bits per heavy atom. The van der Waals surface area contributed by atoms with Crippen LogP contribution in [0.5, 0.6) is 5.75 Å². The third-order valence-corrected chi connectivity index (χ3v) is 3.57. The zero-order valence-electron chi connectivity index (χ0n) is 10.8. The molecule has 19 heavy (non-hydrogen) atoms. The Bertz CT molecular complexity index is 505. The van der Waals surface area contributed by atoms with E-state index in [0.29, 0.717) is 0 Å². The molecule has 0 bridgehead atoms. The molecular formula is C16H17IO2. The molecule has 0 aromatic heterocycles. The summed E-state index contributed by atoms with van der Waals surface area (Å²) in [5.74, 6) is 0.848. The van der Waals surface area contributed by atoms with Crippen LogP contribution in [-0.2, 0) is 0 Å². The van der Waals surface area contributed by atoms with Gasteiger partial charge >= 0.3 is 0 Å². The van der Waals surface area contributed by atoms with Crippen LogP contribution in [0, 0.1) is 3.57 Å². The number of benzene rings is 2. The van der Waals surface area contributed by atoms with E-state index in [1.165, 1.54) is 0 Å². The highest BCUT2D eigenvalue weighted by Crippen LogP contribution is 2.24. The Morgan fingerprint density at radius 2 is 1.53 bits per heavy atom. The normalized spacial score (nSPS) is 12.2. The molecule has 100 valence electrons. The summed E-state index contributed by atoms with van der Waals surface area (Å²) in [6.45, 7) is 2.80. The van der Waals surface area contributed by atoms with Gasteiger partial charge in [0.15, 0.2) is 0 Å². The van der Waals surface area contributed by atoms with Gasteiger partial charge in [-0.05, 0) is 64.4 Å². The van der Waals surface area contributed by atoms with Crippen LogP contribution in [0.25, 0.3) is 0 Å². The fraction of sp³-hybridized carbons (Fsp3) is 0.250. The molecule has 0 amide bonds. The van der Waals surface area contributed by atoms with Gasteiger partial charge < -0.3 is 9.84 Å². The Labute approximate surface area is 127 Å². The molecular weight excluding hydrogens is 351 g/mol. The molecule has 3 heteroatoms. The molecule has 1 N–H and O–H groups in total. The molecule has 0 spiro atoms. The molecule has 0 heterocycles. The average Bonchev–Trinajstić information content (AvgIpc) is 2.46. The Morgan fingerprint density at radius 1 is 1.00 bits per heavy atom. The Balaban J connectivity index is 2.10. The quantitative estimate of drug-likeness (QED) is 0.804. The lowest BCUT2D eigenvalue weighted by Gasteiger charge is -2.12. The van der Waals surface area contributed by atoms with Gasteiger partial charge in [-0.3, -0.25) is 0 Å². The van der Waals surface area contributed by atoms with E-state index in [-0.39, 0.29) is 0 Å². The Kier molecular flexibility index (Phi) is 5.22. The fourth-order valence-corrected chi connectivity index (χ4v) is 2.16. The maximum absolute atomic E-state index is 10.3. The molecule has 0 saturated heterocycles. The van der Waals surface area contributed by atoms with Crippen molar-refractivity contribution in [2.75, 3.05) is 6.61 Å². The summed E-state index contributed by atoms with van der Waals surface area (Å²) in [6, 6.07) is 15.5. The minimum Gasteiger partial charge on any atom is -0.494 e. The zero-order chi connectivity index (χ0) is 13.7. The van der Waals surface area contributed by atoms with Crippen molar-refractivity contribution in [3.05, 3.63) is 63.2 Å². The van der Waals surface area contributed by atoms with Gasteiger partial charge in [0.05, 0.1) is 6.61 Å². The van der Waals surface area contributed by atoms with Crippen molar-refractivity contribution in [1.82, 2.24) is 0 Å². The number of rotatable bonds is 5. The van der Waals surface area contributed by atoms with Crippen molar-refractivity contribution in [1.29, 1.82) is 0 Å². The number of hydrogen-bond acceptors (Lipinski definition) is 2. The molecule has 2 nitrogen and oxygen atoms in total. The number of ether oxygens (including phenoxy) is 1. The fourth-order valence-electron chi connectivity index (χ4n) is 1.80. The summed E-state index contributed by atoms with van der Waals surface area (Å²) < 4.78 is 6.69. The van der Waals surface area contributed by atoms with E-state index in [9.17, 15) is 5.11 Å². The smallest absolute Gasteiger partial charge is 0.119 e. The second-order valence-electron chi connectivity index (χ2n) is 4.37. The first-order valence-electron chi connectivity index (χ1n) is 6.37. The van der Waals surface area contributed by atoms with Crippen LogP contribution in [0.3, 0.4) is 0 Å². The van der Waals surface area contributed by atoms with Gasteiger partial charge in [0.1, 0.15) is 11.9 Å². The summed E-state index contributed by atoms with van der Waals surface area (Å²) in [5, 5.41) is 10.3. The third kappa shape index (κ3) is 3.94. The van der Waals surface area contributed by atoms with Gasteiger partial charge in [-0.2, -0.15) is 0 Å². The van der Waals surface area contributed by atoms with Crippen LogP contribution in [0.15, 0.2) is 48.5 Å². The highest BCUT2D eigenvalue weighted by molar-refractivity contribution is 14.1. The summed E-state index contributed by atoms with van der Waals surface area (Å²) in [5.41, 5.74) is 1.78. The minimum atomic E-state index is -0.586. The maximum atomic E-state index is 10.3. The predicted octanol–water partition coefficient (Wildman–Crippen LogP) is 4.16. The highest BCUT2D eigenvalue weighted by atomic mass is 127. The summed E-state index contributed by atoms with van der Waals surface area (Å²) in [6.07, 6.45) is 0.407. The third-order valence-electron chi connectivity index (χ3n) is 2.85. The van der Waals surface area contributed by atoms with Crippen molar-refractivity contribution >= 4 is 22.6 Å². The molecule has 0 saturated carbocycles. The maximum Gasteiger partial charge on any atom is 0.119 e. The predicted molar refractivity (Wildman–Crippen MR) is 85.4 cm³/mol. The second-order valence-corrected chi connectivity index (χ2v) is 5.62. The lowest BCUT2D eigenvalue weighted by atomic mass is 10.0. The number of aliphatic hydroxyl groups is 1. The first kappa shape index (κ1) is 14.3. The lowest BCUT2D eigenvalue weighted by molar-refractivity contribution is 0.220. The van der Waals surface area contributed by atoms with E-state index >= 15 is 0 Å². The summed E-state index contributed by atoms with van der Waals surface area (Å²) in [4.78, 5) is 0. The van der Waals surface area contributed by atoms with Crippen molar-refractivity contribution in [2.24, 2.45) is 0 Å². The van der Waals surface area contributed by atoms with Crippen molar-refractivity contribution in [3.8, 4) is 5.75 Å². The van der Waals surface area contributed by atoms with Crippen molar-refractivity contribution in [2.45, 2.75) is 19.4 Å². The molecule has 0 aliphatic carbocycles. The molecule has 0 radical (unpaired) electrons. The molecule has 0 fully saturated rings. The standard InChI is InChI=1S/C16H17IO2/c1-2-11-19-15-9-5-13(6-10-15)16(18)12-3-7-14(17)8-4-12/h3-10,16,18H,2,11H2,1H3. The van der Waals surface area contributed by atoms with Crippen LogP contribution in [-0.4, -0.2) is 11.7 Å². The first-order chi connectivity index (χ1) is 9.20. The van der Waals surface area contributed by atoms with Crippen molar-refractivity contribution in [3.63, 3.8) is 0 Å². The molecule has 1 atom stereocenters. The average molecular weight is 368 g/mol. The first-order valence-corrected chi connectivity index (χ1v) is 7.45. The van der Waals surface area contributed by atoms with E-state index in [0.717, 1.165) is 33.5 Å². The van der Waals surface area contributed by atoms with Crippen LogP contribution < -0.4 is 4.74 Å². The van der Waals surface area contributed by atoms with E-state index in [1.54, 1.807) is 0 Å². The van der Waals surface area contributed by atoms with Crippen LogP contribution in [0.2, 0.25) is 0 Å². The molecule has 2 aromatic carbocycles. The van der Waals surface area contributed by atoms with Gasteiger partial charge in [-0.25, -0.2) is 0 Å². The number of halogens is 1. The minimum absolute atomic E-state index is 0.586. The van der Waals surface area contributed by atoms with E-state index in [2.05, 4.69) is 29.5 Å². The molecule has 2 aromatic rings. The van der Waals surface area contributed by atoms with Gasteiger partial charge in [-0.1, -0.05) is 31.2 Å². The molecule has 1 unspecified atom stereocenters. The van der Waals surface area contributed by atoms with Crippen LogP contribution >= 0.6 is 22.6 Å². The molecule has 2 rings (SSSR count). The van der Waals surface area contributed by atoms with Gasteiger partial charge in [0, 0.05) is 3.57 Å². The number of aliphatic hydroxyl groups excluding tert-OH is 1. The van der Waals surface area contributed by atoms with Crippen LogP contribution in [0.1, 0.15) is 30.6 Å². The van der Waals surface area contributed by atoms with Gasteiger partial charge in [0.2, 0.25) is 0 Å². The van der Waals surface area contributed by atoms with Gasteiger partial charge in [0.25, 0.3) is 0 Å². The summed E-state index contributed by atoms with van der Waals surface area (Å²) in [7, 11) is 0. The summed E-state index contributed by atoms with van der Waals surface area (Å²) >= 11 is 2.25. The van der Waals surface area contributed by atoms with E-state index in [1.807, 2.05) is 48.5 Å². The number of hydrogen-bond donors (Lipinski definition) is 1. The lowest BCUT2D eigenvalue weighted by Crippen LogP contribution is -2.00. The molecule has 0 aliphatic rings. The zero-order valence-corrected chi connectivity index (χ0v) is 13.0. The van der Waals surface area contributed by atoms with E-state index < -0.39 is 6.10 Å². The highest BCUT2D eigenvalue weighted by Gasteiger charge is 2.10. The Hall–Kier alpha value is -1.07. The van der Waals surface area contributed by atoms with Crippen molar-refractivity contribution < 1.29 is 9.84 Å². The van der Waals surface area contributed by atoms with E-state index in [4.69, 9.17) is 4.74 Å². The largest absolute Gasteiger partial charge is 0.494 e. The van der Waals surface area contributed by atoms with Gasteiger partial charge in [-0.15, -0.1) is 0 Å². The van der Waals surface area contributed by atoms with Crippen LogP contribution in [0.4, 0.5) is 0 Å².